The maximum Gasteiger partial charge on any atom is 0.238 e. The maximum atomic E-state index is 13.9. The van der Waals surface area contributed by atoms with Gasteiger partial charge in [-0.05, 0) is 59.1 Å². The average Bonchev–Trinajstić information content (AvgIpc) is 2.79. The van der Waals surface area contributed by atoms with Gasteiger partial charge in [-0.1, -0.05) is 52.0 Å². The van der Waals surface area contributed by atoms with Gasteiger partial charge in [0.1, 0.15) is 5.82 Å². The Bertz CT molecular complexity index is 1450. The van der Waals surface area contributed by atoms with E-state index in [9.17, 15) is 22.4 Å². The highest BCUT2D eigenvalue weighted by molar-refractivity contribution is 7.89. The fourth-order valence-electron chi connectivity index (χ4n) is 6.19. The van der Waals surface area contributed by atoms with Crippen LogP contribution < -0.4 is 5.14 Å². The summed E-state index contributed by atoms with van der Waals surface area (Å²) >= 11 is 0. The molecule has 0 saturated heterocycles. The minimum Gasteiger partial charge on any atom is -0.343 e. The van der Waals surface area contributed by atoms with Crippen molar-refractivity contribution in [2.24, 2.45) is 16.0 Å². The van der Waals surface area contributed by atoms with Gasteiger partial charge in [-0.25, -0.2) is 17.9 Å². The summed E-state index contributed by atoms with van der Waals surface area (Å²) in [7, 11) is -3.83. The molecule has 0 spiro atoms. The van der Waals surface area contributed by atoms with Crippen LogP contribution in [0.3, 0.4) is 0 Å². The normalized spacial score (nSPS) is 21.5. The molecule has 0 saturated carbocycles. The first-order valence-corrected chi connectivity index (χ1v) is 14.4. The quantitative estimate of drug-likeness (QED) is 0.568. The van der Waals surface area contributed by atoms with Crippen molar-refractivity contribution < 1.29 is 22.4 Å². The summed E-state index contributed by atoms with van der Waals surface area (Å²) in [6.45, 7) is 8.66. The van der Waals surface area contributed by atoms with Crippen molar-refractivity contribution in [2.45, 2.75) is 70.7 Å². The predicted octanol–water partition coefficient (Wildman–Crippen LogP) is 5.36. The lowest BCUT2D eigenvalue weighted by Gasteiger charge is -2.49. The van der Waals surface area contributed by atoms with Gasteiger partial charge in [-0.3, -0.25) is 9.59 Å². The van der Waals surface area contributed by atoms with Gasteiger partial charge in [0, 0.05) is 47.8 Å². The van der Waals surface area contributed by atoms with E-state index in [1.165, 1.54) is 24.3 Å². The molecule has 0 bridgehead atoms. The highest BCUT2D eigenvalue weighted by atomic mass is 32.2. The number of allylic oxidation sites excluding steroid dienone is 4. The van der Waals surface area contributed by atoms with E-state index in [2.05, 4.69) is 32.6 Å². The number of carbonyl (C=O) groups excluding carboxylic acids is 2. The summed E-state index contributed by atoms with van der Waals surface area (Å²) in [6.07, 6.45) is 2.02. The minimum absolute atomic E-state index is 0.00401. The zero-order valence-electron chi connectivity index (χ0n) is 22.2. The molecule has 38 heavy (non-hydrogen) atoms. The SMILES string of the molecule is CC1(C)CC(=O)C2=C(C1)N(Cc1ccc(S(N)(=O)=O)cc1)C1=C(C(=O)CC(C)(C)C1)C2c1ccc(F)cc1. The third kappa shape index (κ3) is 4.87. The molecule has 2 aliphatic carbocycles. The van der Waals surface area contributed by atoms with E-state index in [4.69, 9.17) is 5.14 Å². The van der Waals surface area contributed by atoms with E-state index in [1.807, 2.05) is 0 Å². The second kappa shape index (κ2) is 8.99. The third-order valence-electron chi connectivity index (χ3n) is 7.82. The Labute approximate surface area is 223 Å². The zero-order valence-corrected chi connectivity index (χ0v) is 23.0. The lowest BCUT2D eigenvalue weighted by Crippen LogP contribution is -2.44. The van der Waals surface area contributed by atoms with E-state index < -0.39 is 15.9 Å². The molecule has 2 N–H and O–H groups in total. The molecular formula is C30H33FN2O4S. The first kappa shape index (κ1) is 26.5. The molecule has 5 rings (SSSR count). The Kier molecular flexibility index (Phi) is 6.27. The van der Waals surface area contributed by atoms with Crippen LogP contribution in [0.15, 0.2) is 76.0 Å². The first-order chi connectivity index (χ1) is 17.7. The zero-order chi connectivity index (χ0) is 27.6. The number of hydrogen-bond acceptors (Lipinski definition) is 5. The number of nitrogens with zero attached hydrogens (tertiary/aromatic N) is 1. The van der Waals surface area contributed by atoms with E-state index in [-0.39, 0.29) is 33.1 Å². The molecule has 0 radical (unpaired) electrons. The van der Waals surface area contributed by atoms with E-state index in [0.29, 0.717) is 43.4 Å². The van der Waals surface area contributed by atoms with E-state index in [0.717, 1.165) is 22.5 Å². The van der Waals surface area contributed by atoms with Crippen molar-refractivity contribution >= 4 is 21.6 Å². The molecule has 6 nitrogen and oxygen atoms in total. The van der Waals surface area contributed by atoms with Crippen LogP contribution in [0.4, 0.5) is 4.39 Å². The van der Waals surface area contributed by atoms with Gasteiger partial charge in [0.2, 0.25) is 10.0 Å². The molecule has 2 aromatic carbocycles. The van der Waals surface area contributed by atoms with Gasteiger partial charge in [0.05, 0.1) is 4.90 Å². The Morgan fingerprint density at radius 1 is 0.816 bits per heavy atom. The summed E-state index contributed by atoms with van der Waals surface area (Å²) in [6, 6.07) is 12.5. The van der Waals surface area contributed by atoms with Crippen molar-refractivity contribution in [1.82, 2.24) is 4.90 Å². The number of rotatable bonds is 4. The average molecular weight is 537 g/mol. The standard InChI is InChI=1S/C30H33FN2O4S/c1-29(2)13-22-27(24(34)15-29)26(19-7-9-20(31)10-8-19)28-23(14-30(3,4)16-25(28)35)33(22)17-18-5-11-21(12-6-18)38(32,36)37/h5-12,26H,13-17H2,1-4H3,(H2,32,36,37). The van der Waals surface area contributed by atoms with Crippen molar-refractivity contribution in [3.8, 4) is 0 Å². The number of halogens is 1. The van der Waals surface area contributed by atoms with Crippen LogP contribution in [0.1, 0.15) is 70.4 Å². The first-order valence-electron chi connectivity index (χ1n) is 12.8. The maximum absolute atomic E-state index is 13.9. The molecule has 3 aliphatic rings. The molecule has 2 aromatic rings. The van der Waals surface area contributed by atoms with Crippen LogP contribution >= 0.6 is 0 Å². The monoisotopic (exact) mass is 536 g/mol. The smallest absolute Gasteiger partial charge is 0.238 e. The highest BCUT2D eigenvalue weighted by Gasteiger charge is 2.48. The number of Topliss-reactive ketones (excluding diaryl/α,β-unsaturated/α-hetero) is 2. The lowest BCUT2D eigenvalue weighted by atomic mass is 9.63. The molecule has 0 fully saturated rings. The number of primary sulfonamides is 1. The number of benzene rings is 2. The summed E-state index contributed by atoms with van der Waals surface area (Å²) in [5.74, 6) is -0.896. The third-order valence-corrected chi connectivity index (χ3v) is 8.75. The summed E-state index contributed by atoms with van der Waals surface area (Å²) < 4.78 is 37.4. The molecule has 200 valence electrons. The Morgan fingerprint density at radius 2 is 1.29 bits per heavy atom. The molecular weight excluding hydrogens is 503 g/mol. The summed E-state index contributed by atoms with van der Waals surface area (Å²) in [4.78, 5) is 29.7. The topological polar surface area (TPSA) is 97.5 Å². The Morgan fingerprint density at radius 3 is 1.74 bits per heavy atom. The van der Waals surface area contributed by atoms with Crippen LogP contribution in [0, 0.1) is 16.6 Å². The van der Waals surface area contributed by atoms with Crippen molar-refractivity contribution in [1.29, 1.82) is 0 Å². The van der Waals surface area contributed by atoms with Gasteiger partial charge >= 0.3 is 0 Å². The van der Waals surface area contributed by atoms with Gasteiger partial charge < -0.3 is 4.90 Å². The van der Waals surface area contributed by atoms with Crippen molar-refractivity contribution in [2.75, 3.05) is 0 Å². The van der Waals surface area contributed by atoms with Gasteiger partial charge in [0.25, 0.3) is 0 Å². The fourth-order valence-corrected chi connectivity index (χ4v) is 6.71. The van der Waals surface area contributed by atoms with Gasteiger partial charge in [-0.15, -0.1) is 0 Å². The van der Waals surface area contributed by atoms with Crippen molar-refractivity contribution in [3.05, 3.63) is 88.0 Å². The van der Waals surface area contributed by atoms with Crippen LogP contribution in [-0.2, 0) is 26.2 Å². The van der Waals surface area contributed by atoms with Gasteiger partial charge in [-0.2, -0.15) is 0 Å². The molecule has 8 heteroatoms. The number of carbonyl (C=O) groups is 2. The van der Waals surface area contributed by atoms with Crippen LogP contribution in [0.25, 0.3) is 0 Å². The van der Waals surface area contributed by atoms with E-state index >= 15 is 0 Å². The Hall–Kier alpha value is -3.10. The molecule has 1 heterocycles. The van der Waals surface area contributed by atoms with Crippen LogP contribution in [-0.4, -0.2) is 24.9 Å². The second-order valence-electron chi connectivity index (χ2n) is 12.4. The summed E-state index contributed by atoms with van der Waals surface area (Å²) in [5, 5.41) is 5.28. The molecule has 0 atom stereocenters. The largest absolute Gasteiger partial charge is 0.343 e. The highest BCUT2D eigenvalue weighted by Crippen LogP contribution is 2.54. The van der Waals surface area contributed by atoms with Crippen molar-refractivity contribution in [3.63, 3.8) is 0 Å². The fraction of sp³-hybridized carbons (Fsp3) is 0.400. The molecule has 0 aromatic heterocycles. The number of hydrogen-bond donors (Lipinski definition) is 1. The number of sulfonamides is 1. The molecule has 0 amide bonds. The van der Waals surface area contributed by atoms with Gasteiger partial charge in [0.15, 0.2) is 11.6 Å². The lowest BCUT2D eigenvalue weighted by molar-refractivity contribution is -0.119. The summed E-state index contributed by atoms with van der Waals surface area (Å²) in [5.41, 5.74) is 4.04. The second-order valence-corrected chi connectivity index (χ2v) is 13.9. The van der Waals surface area contributed by atoms with E-state index in [1.54, 1.807) is 24.3 Å². The van der Waals surface area contributed by atoms with Crippen LogP contribution in [0.2, 0.25) is 0 Å². The molecule has 0 unspecified atom stereocenters. The minimum atomic E-state index is -3.83. The molecule has 1 aliphatic heterocycles. The van der Waals surface area contributed by atoms with Crippen LogP contribution in [0.5, 0.6) is 0 Å². The number of ketones is 2. The Balaban J connectivity index is 1.71. The number of nitrogens with two attached hydrogens (primary N) is 1. The predicted molar refractivity (Wildman–Crippen MR) is 143 cm³/mol.